The minimum atomic E-state index is -4.02. The van der Waals surface area contributed by atoms with E-state index >= 15 is 0 Å². The molecule has 0 fully saturated rings. The van der Waals surface area contributed by atoms with Gasteiger partial charge < -0.3 is 9.47 Å². The molecule has 0 heterocycles. The normalized spacial score (nSPS) is 11.2. The highest BCUT2D eigenvalue weighted by molar-refractivity contribution is 7.92. The second-order valence-electron chi connectivity index (χ2n) is 8.27. The van der Waals surface area contributed by atoms with Crippen molar-refractivity contribution in [3.8, 4) is 11.5 Å². The standard InChI is InChI=1S/C29H26ClN3O5S/c1-37-25-17-13-24(14-18-25)33(39(35,36)27-8-3-2-4-9-27)20-29(34)32-31-19-22-11-15-26(16-12-22)38-21-23-7-5-6-10-28(23)30/h2-19H,20-21H2,1H3,(H,32,34)/b31-19-. The quantitative estimate of drug-likeness (QED) is 0.198. The molecule has 0 atom stereocenters. The zero-order valence-corrected chi connectivity index (χ0v) is 22.6. The number of halogens is 1. The Bertz CT molecular complexity index is 1530. The molecule has 39 heavy (non-hydrogen) atoms. The molecule has 0 aliphatic carbocycles. The number of anilines is 1. The molecule has 200 valence electrons. The number of hydrazone groups is 1. The molecular formula is C29H26ClN3O5S. The maximum Gasteiger partial charge on any atom is 0.264 e. The van der Waals surface area contributed by atoms with Crippen LogP contribution in [0.25, 0.3) is 0 Å². The number of methoxy groups -OCH3 is 1. The van der Waals surface area contributed by atoms with E-state index in [9.17, 15) is 13.2 Å². The van der Waals surface area contributed by atoms with Gasteiger partial charge in [-0.3, -0.25) is 9.10 Å². The number of amides is 1. The Morgan fingerprint density at radius 3 is 2.21 bits per heavy atom. The monoisotopic (exact) mass is 563 g/mol. The lowest BCUT2D eigenvalue weighted by Gasteiger charge is -2.23. The second-order valence-corrected chi connectivity index (χ2v) is 10.5. The van der Waals surface area contributed by atoms with Crippen molar-refractivity contribution in [2.45, 2.75) is 11.5 Å². The lowest BCUT2D eigenvalue weighted by molar-refractivity contribution is -0.119. The van der Waals surface area contributed by atoms with Gasteiger partial charge in [0.2, 0.25) is 0 Å². The highest BCUT2D eigenvalue weighted by Gasteiger charge is 2.27. The SMILES string of the molecule is COc1ccc(N(CC(=O)N/N=C\c2ccc(OCc3ccccc3Cl)cc2)S(=O)(=O)c2ccccc2)cc1. The fraction of sp³-hybridized carbons (Fsp3) is 0.103. The number of carbonyl (C=O) groups excluding carboxylic acids is 1. The first-order valence-electron chi connectivity index (χ1n) is 11.9. The maximum atomic E-state index is 13.4. The summed E-state index contributed by atoms with van der Waals surface area (Å²) in [7, 11) is -2.51. The Labute approximate surface area is 232 Å². The molecule has 0 spiro atoms. The molecule has 1 amide bonds. The molecule has 0 bridgehead atoms. The van der Waals surface area contributed by atoms with Gasteiger partial charge in [-0.1, -0.05) is 48.0 Å². The summed E-state index contributed by atoms with van der Waals surface area (Å²) in [6, 6.07) is 28.9. The molecule has 1 N–H and O–H groups in total. The van der Waals surface area contributed by atoms with Crippen LogP contribution >= 0.6 is 11.6 Å². The van der Waals surface area contributed by atoms with Crippen LogP contribution in [0.1, 0.15) is 11.1 Å². The molecule has 0 unspecified atom stereocenters. The van der Waals surface area contributed by atoms with Crippen molar-refractivity contribution in [3.63, 3.8) is 0 Å². The predicted octanol–water partition coefficient (Wildman–Crippen LogP) is 5.27. The van der Waals surface area contributed by atoms with Crippen molar-refractivity contribution >= 4 is 39.4 Å². The number of rotatable bonds is 11. The van der Waals surface area contributed by atoms with Crippen LogP contribution in [0.5, 0.6) is 11.5 Å². The maximum absolute atomic E-state index is 13.4. The molecular weight excluding hydrogens is 538 g/mol. The lowest BCUT2D eigenvalue weighted by Crippen LogP contribution is -2.39. The first-order valence-corrected chi connectivity index (χ1v) is 13.7. The van der Waals surface area contributed by atoms with Gasteiger partial charge >= 0.3 is 0 Å². The van der Waals surface area contributed by atoms with E-state index in [2.05, 4.69) is 10.5 Å². The number of nitrogens with zero attached hydrogens (tertiary/aromatic N) is 2. The van der Waals surface area contributed by atoms with Crippen molar-refractivity contribution in [1.82, 2.24) is 5.43 Å². The van der Waals surface area contributed by atoms with E-state index in [1.54, 1.807) is 72.8 Å². The van der Waals surface area contributed by atoms with Crippen LogP contribution < -0.4 is 19.2 Å². The van der Waals surface area contributed by atoms with Crippen molar-refractivity contribution in [2.75, 3.05) is 18.0 Å². The summed E-state index contributed by atoms with van der Waals surface area (Å²) in [5.74, 6) is 0.601. The number of carbonyl (C=O) groups is 1. The number of benzene rings is 4. The third-order valence-electron chi connectivity index (χ3n) is 5.61. The lowest BCUT2D eigenvalue weighted by atomic mass is 10.2. The first kappa shape index (κ1) is 27.7. The zero-order valence-electron chi connectivity index (χ0n) is 21.0. The fourth-order valence-corrected chi connectivity index (χ4v) is 5.19. The van der Waals surface area contributed by atoms with Crippen LogP contribution in [0.15, 0.2) is 113 Å². The van der Waals surface area contributed by atoms with Crippen LogP contribution in [0.2, 0.25) is 5.02 Å². The number of sulfonamides is 1. The van der Waals surface area contributed by atoms with Gasteiger partial charge in [0.1, 0.15) is 24.7 Å². The van der Waals surface area contributed by atoms with Gasteiger partial charge in [-0.15, -0.1) is 0 Å². The van der Waals surface area contributed by atoms with Gasteiger partial charge in [0.15, 0.2) is 0 Å². The minimum absolute atomic E-state index is 0.0639. The average molecular weight is 564 g/mol. The van der Waals surface area contributed by atoms with Crippen molar-refractivity contribution in [2.24, 2.45) is 5.10 Å². The number of hydrogen-bond donors (Lipinski definition) is 1. The molecule has 0 saturated carbocycles. The van der Waals surface area contributed by atoms with Crippen LogP contribution in [0.3, 0.4) is 0 Å². The minimum Gasteiger partial charge on any atom is -0.497 e. The highest BCUT2D eigenvalue weighted by Crippen LogP contribution is 2.25. The molecule has 0 radical (unpaired) electrons. The summed E-state index contributed by atoms with van der Waals surface area (Å²) in [5.41, 5.74) is 4.30. The van der Waals surface area contributed by atoms with Crippen molar-refractivity contribution in [1.29, 1.82) is 0 Å². The Kier molecular flexibility index (Phi) is 9.19. The summed E-state index contributed by atoms with van der Waals surface area (Å²) >= 11 is 6.16. The molecule has 4 rings (SSSR count). The average Bonchev–Trinajstić information content (AvgIpc) is 2.96. The van der Waals surface area contributed by atoms with Gasteiger partial charge in [0.25, 0.3) is 15.9 Å². The molecule has 10 heteroatoms. The number of ether oxygens (including phenoxy) is 2. The third kappa shape index (κ3) is 7.37. The molecule has 8 nitrogen and oxygen atoms in total. The molecule has 4 aromatic carbocycles. The Morgan fingerprint density at radius 1 is 0.897 bits per heavy atom. The van der Waals surface area contributed by atoms with Gasteiger partial charge in [-0.05, 0) is 72.3 Å². The third-order valence-corrected chi connectivity index (χ3v) is 7.77. The van der Waals surface area contributed by atoms with Crippen LogP contribution in [0.4, 0.5) is 5.69 Å². The van der Waals surface area contributed by atoms with Crippen molar-refractivity contribution < 1.29 is 22.7 Å². The van der Waals surface area contributed by atoms with Gasteiger partial charge in [-0.2, -0.15) is 5.10 Å². The molecule has 0 aliphatic rings. The highest BCUT2D eigenvalue weighted by atomic mass is 35.5. The largest absolute Gasteiger partial charge is 0.497 e. The van der Waals surface area contributed by atoms with E-state index in [0.717, 1.165) is 9.87 Å². The smallest absolute Gasteiger partial charge is 0.264 e. The van der Waals surface area contributed by atoms with Crippen LogP contribution in [0, 0.1) is 0 Å². The summed E-state index contributed by atoms with van der Waals surface area (Å²) in [5, 5.41) is 4.62. The summed E-state index contributed by atoms with van der Waals surface area (Å²) in [6.07, 6.45) is 1.46. The topological polar surface area (TPSA) is 97.3 Å². The van der Waals surface area contributed by atoms with E-state index in [-0.39, 0.29) is 4.90 Å². The zero-order chi connectivity index (χ0) is 27.7. The summed E-state index contributed by atoms with van der Waals surface area (Å²) in [4.78, 5) is 12.8. The first-order chi connectivity index (χ1) is 18.9. The molecule has 4 aromatic rings. The predicted molar refractivity (Wildman–Crippen MR) is 152 cm³/mol. The Morgan fingerprint density at radius 2 is 1.54 bits per heavy atom. The summed E-state index contributed by atoms with van der Waals surface area (Å²) in [6.45, 7) is -0.143. The molecule has 0 saturated heterocycles. The van der Waals surface area contributed by atoms with E-state index in [4.69, 9.17) is 21.1 Å². The van der Waals surface area contributed by atoms with E-state index in [0.29, 0.717) is 34.4 Å². The van der Waals surface area contributed by atoms with Gasteiger partial charge in [-0.25, -0.2) is 13.8 Å². The van der Waals surface area contributed by atoms with Crippen molar-refractivity contribution in [3.05, 3.63) is 119 Å². The Hall–Kier alpha value is -4.34. The molecule has 0 aliphatic heterocycles. The van der Waals surface area contributed by atoms with Gasteiger partial charge in [0.05, 0.1) is 23.9 Å². The molecule has 0 aromatic heterocycles. The Balaban J connectivity index is 1.40. The van der Waals surface area contributed by atoms with E-state index < -0.39 is 22.5 Å². The van der Waals surface area contributed by atoms with E-state index in [1.165, 1.54) is 25.5 Å². The second kappa shape index (κ2) is 12.9. The number of nitrogens with one attached hydrogen (secondary N) is 1. The fourth-order valence-electron chi connectivity index (χ4n) is 3.55. The number of hydrogen-bond acceptors (Lipinski definition) is 6. The summed E-state index contributed by atoms with van der Waals surface area (Å²) < 4.78 is 38.7. The van der Waals surface area contributed by atoms with Crippen LogP contribution in [-0.2, 0) is 21.4 Å². The van der Waals surface area contributed by atoms with Gasteiger partial charge in [0, 0.05) is 10.6 Å². The van der Waals surface area contributed by atoms with E-state index in [1.807, 2.05) is 18.2 Å². The van der Waals surface area contributed by atoms with Crippen LogP contribution in [-0.4, -0.2) is 34.2 Å².